The Morgan fingerprint density at radius 1 is 0.926 bits per heavy atom. The molecule has 420 valence electrons. The summed E-state index contributed by atoms with van der Waals surface area (Å²) in [7, 11) is 1.61. The fraction of sp³-hybridized carbons (Fsp3) is 0.361. The minimum Gasteiger partial charge on any atom is -0.508 e. The summed E-state index contributed by atoms with van der Waals surface area (Å²) in [6.45, 7) is 9.21. The van der Waals surface area contributed by atoms with Gasteiger partial charge in [0.1, 0.15) is 71.2 Å². The number of nitrogens with one attached hydrogen (secondary N) is 2. The van der Waals surface area contributed by atoms with Crippen molar-refractivity contribution in [2.75, 3.05) is 44.9 Å². The average molecular weight is 1110 g/mol. The van der Waals surface area contributed by atoms with Crippen LogP contribution < -0.4 is 25.0 Å². The smallest absolute Gasteiger partial charge is 0.319 e. The quantitative estimate of drug-likeness (QED) is 0.0597. The Kier molecular flexibility index (Phi) is 15.6. The number of piperazine rings is 1. The SMILES string of the molecule is CCc1c(F)ccc2cc(O)cc(-c3ncc4c(N5CC6CC5CN6)nc(OC[C@H](C)OC)nc4c3OCc3ccc(-c4cn(C(C(=O)N5CCCC5C(=O)NC(CO)c5ccc(-c6c(F)cccc6F)cc5)C(C)C)nn4)cc3)c12. The standard InChI is InChI=1S/C61H63F3N10O7/c1-6-43-46(62)21-20-39-23-42(76)25-44(52(39)43)54-57(55-45(27-66-54)58(73-28-40-24-41(73)26-65-40)69-61(68-55)81-31-34(4)79-5)80-32-35-12-14-36(15-13-35)49-29-74(71-70-49)56(33(2)3)60(78)72-22-8-11-51(72)59(77)67-50(30-75)37-16-18-38(19-17-37)53-47(63)9-7-10-48(53)64/h7,9-10,12-21,23,25,27,29,33-34,40-41,50-51,56,65,75-76H,6,8,11,22,24,26,28,30-32H2,1-5H3,(H,67,77)/t34-,40?,41?,50?,51?,56?/m0/s1. The van der Waals surface area contributed by atoms with E-state index in [1.54, 1.807) is 54.7 Å². The van der Waals surface area contributed by atoms with Crippen molar-refractivity contribution in [1.29, 1.82) is 0 Å². The Morgan fingerprint density at radius 3 is 2.38 bits per heavy atom. The molecule has 0 aliphatic carbocycles. The van der Waals surface area contributed by atoms with Crippen LogP contribution in [0.1, 0.15) is 75.7 Å². The molecule has 3 aromatic heterocycles. The van der Waals surface area contributed by atoms with E-state index in [0.29, 0.717) is 98.5 Å². The van der Waals surface area contributed by atoms with E-state index in [4.69, 9.17) is 29.2 Å². The Balaban J connectivity index is 0.851. The number of amides is 2. The molecule has 8 aromatic rings. The lowest BCUT2D eigenvalue weighted by atomic mass is 9.94. The number of methoxy groups -OCH3 is 1. The van der Waals surface area contributed by atoms with E-state index in [-0.39, 0.29) is 66.1 Å². The molecule has 81 heavy (non-hydrogen) atoms. The van der Waals surface area contributed by atoms with Gasteiger partial charge in [-0.3, -0.25) is 14.6 Å². The largest absolute Gasteiger partial charge is 0.508 e. The molecular formula is C61H63F3N10O7. The predicted molar refractivity (Wildman–Crippen MR) is 299 cm³/mol. The molecule has 11 rings (SSSR count). The van der Waals surface area contributed by atoms with E-state index in [1.807, 2.05) is 52.0 Å². The number of pyridine rings is 1. The first-order valence-corrected chi connectivity index (χ1v) is 27.4. The number of hydrogen-bond acceptors (Lipinski definition) is 14. The van der Waals surface area contributed by atoms with Crippen molar-refractivity contribution in [1.82, 2.24) is 45.5 Å². The summed E-state index contributed by atoms with van der Waals surface area (Å²) >= 11 is 0. The van der Waals surface area contributed by atoms with Gasteiger partial charge in [-0.1, -0.05) is 86.6 Å². The summed E-state index contributed by atoms with van der Waals surface area (Å²) < 4.78 is 64.8. The van der Waals surface area contributed by atoms with Gasteiger partial charge < -0.3 is 44.9 Å². The Morgan fingerprint density at radius 2 is 1.69 bits per heavy atom. The summed E-state index contributed by atoms with van der Waals surface area (Å²) in [4.78, 5) is 47.3. The van der Waals surface area contributed by atoms with Gasteiger partial charge in [-0.05, 0) is 102 Å². The third-order valence-electron chi connectivity index (χ3n) is 15.8. The van der Waals surface area contributed by atoms with Crippen LogP contribution in [0.5, 0.6) is 17.5 Å². The van der Waals surface area contributed by atoms with Crippen LogP contribution >= 0.6 is 0 Å². The molecule has 3 aliphatic rings. The minimum absolute atomic E-state index is 0.0296. The summed E-state index contributed by atoms with van der Waals surface area (Å²) in [5.74, 6) is -1.87. The lowest BCUT2D eigenvalue weighted by Crippen LogP contribution is -2.50. The van der Waals surface area contributed by atoms with Gasteiger partial charge in [0.25, 0.3) is 0 Å². The number of aliphatic hydroxyl groups is 1. The second kappa shape index (κ2) is 23.1. The fourth-order valence-electron chi connectivity index (χ4n) is 11.6. The molecule has 20 heteroatoms. The second-order valence-corrected chi connectivity index (χ2v) is 21.4. The van der Waals surface area contributed by atoms with Gasteiger partial charge in [0.2, 0.25) is 11.8 Å². The van der Waals surface area contributed by atoms with E-state index < -0.39 is 42.3 Å². The lowest BCUT2D eigenvalue weighted by molar-refractivity contribution is -0.142. The zero-order valence-electron chi connectivity index (χ0n) is 45.6. The fourth-order valence-corrected chi connectivity index (χ4v) is 11.6. The maximum Gasteiger partial charge on any atom is 0.319 e. The molecule has 0 radical (unpaired) electrons. The van der Waals surface area contributed by atoms with Crippen molar-refractivity contribution in [3.8, 4) is 51.2 Å². The van der Waals surface area contributed by atoms with Crippen molar-refractivity contribution in [3.63, 3.8) is 0 Å². The molecule has 3 saturated heterocycles. The van der Waals surface area contributed by atoms with E-state index in [9.17, 15) is 28.6 Å². The maximum absolute atomic E-state index is 15.7. The number of phenols is 1. The molecule has 3 fully saturated rings. The number of fused-ring (bicyclic) bond motifs is 4. The number of ether oxygens (including phenoxy) is 3. The number of halogens is 3. The number of likely N-dealkylation sites (tertiary alicyclic amines) is 1. The Labute approximate surface area is 466 Å². The molecular weight excluding hydrogens is 1040 g/mol. The van der Waals surface area contributed by atoms with Crippen molar-refractivity contribution in [2.45, 2.75) is 96.3 Å². The highest BCUT2D eigenvalue weighted by atomic mass is 19.1. The third kappa shape index (κ3) is 10.8. The molecule has 3 aliphatic heterocycles. The molecule has 0 saturated carbocycles. The van der Waals surface area contributed by atoms with Crippen LogP contribution in [0.4, 0.5) is 19.0 Å². The summed E-state index contributed by atoms with van der Waals surface area (Å²) in [5, 5.41) is 38.8. The first-order valence-electron chi connectivity index (χ1n) is 27.4. The highest BCUT2D eigenvalue weighted by Crippen LogP contribution is 2.45. The van der Waals surface area contributed by atoms with E-state index in [0.717, 1.165) is 25.1 Å². The van der Waals surface area contributed by atoms with E-state index >= 15 is 4.39 Å². The molecule has 17 nitrogen and oxygen atoms in total. The van der Waals surface area contributed by atoms with Crippen LogP contribution in [0.3, 0.4) is 0 Å². The highest BCUT2D eigenvalue weighted by molar-refractivity contribution is 6.04. The van der Waals surface area contributed by atoms with Crippen molar-refractivity contribution in [2.24, 2.45) is 5.92 Å². The lowest BCUT2D eigenvalue weighted by Gasteiger charge is -2.30. The number of anilines is 1. The van der Waals surface area contributed by atoms with Crippen molar-refractivity contribution < 1.29 is 47.2 Å². The van der Waals surface area contributed by atoms with Crippen LogP contribution in [0, 0.1) is 23.4 Å². The zero-order chi connectivity index (χ0) is 56.6. The van der Waals surface area contributed by atoms with E-state index in [1.165, 1.54) is 41.1 Å². The number of carbonyl (C=O) groups excluding carboxylic acids is 2. The zero-order valence-corrected chi connectivity index (χ0v) is 45.6. The molecule has 2 amide bonds. The molecule has 6 atom stereocenters. The van der Waals surface area contributed by atoms with E-state index in [2.05, 4.69) is 25.8 Å². The highest BCUT2D eigenvalue weighted by Gasteiger charge is 2.41. The van der Waals surface area contributed by atoms with Gasteiger partial charge >= 0.3 is 6.01 Å². The molecule has 5 unspecified atom stereocenters. The summed E-state index contributed by atoms with van der Waals surface area (Å²) in [6.07, 6.45) is 5.51. The molecule has 5 aromatic carbocycles. The number of benzene rings is 5. The normalized spacial score (nSPS) is 18.0. The number of aromatic hydroxyl groups is 1. The number of aromatic nitrogens is 6. The molecule has 0 spiro atoms. The number of aryl methyl sites for hydroxylation is 1. The summed E-state index contributed by atoms with van der Waals surface area (Å²) in [6, 6.07) is 21.8. The molecule has 6 heterocycles. The van der Waals surface area contributed by atoms with Crippen LogP contribution in [-0.2, 0) is 27.4 Å². The Hall–Kier alpha value is -8.20. The number of aliphatic hydroxyl groups excluding tert-OH is 1. The number of rotatable bonds is 19. The third-order valence-corrected chi connectivity index (χ3v) is 15.8. The van der Waals surface area contributed by atoms with Crippen LogP contribution in [0.25, 0.3) is 55.3 Å². The average Bonchev–Trinajstić information content (AvgIpc) is 4.50. The van der Waals surface area contributed by atoms with Gasteiger partial charge in [0.05, 0.1) is 35.9 Å². The first kappa shape index (κ1) is 54.7. The first-order chi connectivity index (χ1) is 39.2. The number of nitrogens with zero attached hydrogens (tertiary/aromatic N) is 8. The minimum atomic E-state index is -0.843. The number of carbonyl (C=O) groups is 2. The molecule has 4 N–H and O–H groups in total. The van der Waals surface area contributed by atoms with Gasteiger partial charge in [0.15, 0.2) is 5.75 Å². The van der Waals surface area contributed by atoms with Gasteiger partial charge in [-0.2, -0.15) is 9.97 Å². The molecule has 2 bridgehead atoms. The van der Waals surface area contributed by atoms with Gasteiger partial charge in [0, 0.05) is 56.2 Å². The van der Waals surface area contributed by atoms with Crippen LogP contribution in [-0.4, -0.2) is 121 Å². The Bertz CT molecular complexity index is 3620. The summed E-state index contributed by atoms with van der Waals surface area (Å²) in [5.41, 5.74) is 4.35. The van der Waals surface area contributed by atoms with Crippen LogP contribution in [0.2, 0.25) is 0 Å². The monoisotopic (exact) mass is 1100 g/mol. The predicted octanol–water partition coefficient (Wildman–Crippen LogP) is 9.04. The second-order valence-electron chi connectivity index (χ2n) is 21.4. The topological polar surface area (TPSA) is 202 Å². The maximum atomic E-state index is 15.7. The number of phenolic OH excluding ortho intramolecular Hbond substituents is 1. The van der Waals surface area contributed by atoms with Gasteiger partial charge in [-0.25, -0.2) is 17.9 Å². The van der Waals surface area contributed by atoms with Crippen LogP contribution in [0.15, 0.2) is 103 Å². The van der Waals surface area contributed by atoms with Crippen molar-refractivity contribution >= 4 is 39.3 Å². The van der Waals surface area contributed by atoms with Gasteiger partial charge in [-0.15, -0.1) is 5.10 Å². The van der Waals surface area contributed by atoms with Crippen molar-refractivity contribution in [3.05, 3.63) is 138 Å². The number of hydrogen-bond donors (Lipinski definition) is 4.